The van der Waals surface area contributed by atoms with Gasteiger partial charge in [-0.3, -0.25) is 5.41 Å². The highest BCUT2D eigenvalue weighted by Crippen LogP contribution is 2.34. The molecule has 6 nitrogen and oxygen atoms in total. The number of ether oxygens (including phenoxy) is 1. The average molecular weight is 478 g/mol. The Hall–Kier alpha value is -3.87. The number of hydrogen-bond acceptors (Lipinski definition) is 4. The molecule has 184 valence electrons. The summed E-state index contributed by atoms with van der Waals surface area (Å²) in [5.74, 6) is -0.793. The first-order valence-corrected chi connectivity index (χ1v) is 11.8. The third kappa shape index (κ3) is 6.82. The van der Waals surface area contributed by atoms with Crippen LogP contribution in [0.5, 0.6) is 5.75 Å². The number of nitrogens with one attached hydrogen (secondary N) is 2. The van der Waals surface area contributed by atoms with E-state index in [0.717, 1.165) is 36.0 Å². The van der Waals surface area contributed by atoms with Crippen molar-refractivity contribution in [3.05, 3.63) is 94.3 Å². The first-order valence-electron chi connectivity index (χ1n) is 11.8. The van der Waals surface area contributed by atoms with Crippen LogP contribution in [0.3, 0.4) is 0 Å². The summed E-state index contributed by atoms with van der Waals surface area (Å²) in [5, 5.41) is 20.8. The lowest BCUT2D eigenvalue weighted by Crippen LogP contribution is -2.22. The molecular formula is C28H32FN3O3. The first kappa shape index (κ1) is 25.7. The molecule has 3 aromatic rings. The zero-order valence-electron chi connectivity index (χ0n) is 20.1. The largest absolute Gasteiger partial charge is 0.493 e. The number of hydrogen-bond donors (Lipinski definition) is 4. The Kier molecular flexibility index (Phi) is 8.84. The number of benzene rings is 3. The number of carboxylic acid groups (broad SMARTS) is 1. The normalized spacial score (nSPS) is 11.6. The van der Waals surface area contributed by atoms with Gasteiger partial charge >= 0.3 is 5.97 Å². The Morgan fingerprint density at radius 1 is 1.06 bits per heavy atom. The lowest BCUT2D eigenvalue weighted by molar-refractivity contribution is -0.138. The minimum absolute atomic E-state index is 0.0528. The number of nitrogens with two attached hydrogens (primary N) is 1. The number of carboxylic acids is 1. The molecule has 35 heavy (non-hydrogen) atoms. The van der Waals surface area contributed by atoms with Crippen LogP contribution in [-0.2, 0) is 24.1 Å². The molecule has 1 unspecified atom stereocenters. The van der Waals surface area contributed by atoms with Crippen LogP contribution in [0.1, 0.15) is 54.1 Å². The molecule has 0 heterocycles. The molecule has 0 saturated heterocycles. The summed E-state index contributed by atoms with van der Waals surface area (Å²) in [6.07, 6.45) is 2.97. The fourth-order valence-corrected chi connectivity index (χ4v) is 3.94. The molecule has 0 amide bonds. The van der Waals surface area contributed by atoms with Gasteiger partial charge in [0.15, 0.2) is 6.04 Å². The quantitative estimate of drug-likeness (QED) is 0.204. The number of rotatable bonds is 12. The number of nitrogen functional groups attached to an aromatic ring is 1. The Bertz CT molecular complexity index is 1160. The molecule has 0 saturated carbocycles. The minimum atomic E-state index is -1.04. The lowest BCUT2D eigenvalue weighted by Gasteiger charge is -2.23. The van der Waals surface area contributed by atoms with E-state index in [2.05, 4.69) is 18.3 Å². The molecule has 3 aromatic carbocycles. The van der Waals surface area contributed by atoms with Crippen LogP contribution >= 0.6 is 0 Å². The maximum atomic E-state index is 13.2. The first-order chi connectivity index (χ1) is 16.8. The van der Waals surface area contributed by atoms with E-state index in [1.54, 1.807) is 36.4 Å². The molecule has 1 atom stereocenters. The van der Waals surface area contributed by atoms with Crippen molar-refractivity contribution in [2.24, 2.45) is 5.73 Å². The van der Waals surface area contributed by atoms with Crippen molar-refractivity contribution in [3.63, 3.8) is 0 Å². The summed E-state index contributed by atoms with van der Waals surface area (Å²) in [6, 6.07) is 16.0. The van der Waals surface area contributed by atoms with Gasteiger partial charge in [0, 0.05) is 23.2 Å². The van der Waals surface area contributed by atoms with Crippen molar-refractivity contribution in [1.29, 1.82) is 5.41 Å². The van der Waals surface area contributed by atoms with Crippen molar-refractivity contribution in [2.75, 3.05) is 11.9 Å². The summed E-state index contributed by atoms with van der Waals surface area (Å²) in [6.45, 7) is 4.44. The molecule has 3 rings (SSSR count). The third-order valence-corrected chi connectivity index (χ3v) is 5.80. The average Bonchev–Trinajstić information content (AvgIpc) is 2.84. The second kappa shape index (κ2) is 12.0. The van der Waals surface area contributed by atoms with E-state index in [1.165, 1.54) is 12.1 Å². The summed E-state index contributed by atoms with van der Waals surface area (Å²) in [4.78, 5) is 12.4. The summed E-state index contributed by atoms with van der Waals surface area (Å²) in [7, 11) is 0. The zero-order valence-corrected chi connectivity index (χ0v) is 20.1. The fraction of sp³-hybridized carbons (Fsp3) is 0.286. The van der Waals surface area contributed by atoms with E-state index in [4.69, 9.17) is 15.9 Å². The Labute approximate surface area is 205 Å². The Morgan fingerprint density at radius 3 is 2.31 bits per heavy atom. The summed E-state index contributed by atoms with van der Waals surface area (Å²) >= 11 is 0. The van der Waals surface area contributed by atoms with Crippen LogP contribution in [0.25, 0.3) is 0 Å². The van der Waals surface area contributed by atoms with E-state index in [0.29, 0.717) is 35.6 Å². The van der Waals surface area contributed by atoms with Crippen molar-refractivity contribution in [1.82, 2.24) is 0 Å². The van der Waals surface area contributed by atoms with Gasteiger partial charge in [0.2, 0.25) is 0 Å². The highest BCUT2D eigenvalue weighted by atomic mass is 19.1. The highest BCUT2D eigenvalue weighted by molar-refractivity contribution is 5.95. The van der Waals surface area contributed by atoms with Crippen LogP contribution in [0, 0.1) is 11.2 Å². The summed E-state index contributed by atoms with van der Waals surface area (Å²) in [5.41, 5.74) is 10.2. The number of halogens is 1. The summed E-state index contributed by atoms with van der Waals surface area (Å²) < 4.78 is 19.5. The fourth-order valence-electron chi connectivity index (χ4n) is 3.94. The maximum absolute atomic E-state index is 13.2. The van der Waals surface area contributed by atoms with Crippen LogP contribution in [-0.4, -0.2) is 23.5 Å². The minimum Gasteiger partial charge on any atom is -0.493 e. The molecule has 0 aliphatic heterocycles. The molecule has 0 aliphatic rings. The number of anilines is 1. The molecule has 0 aliphatic carbocycles. The predicted molar refractivity (Wildman–Crippen MR) is 137 cm³/mol. The lowest BCUT2D eigenvalue weighted by atomic mass is 9.95. The molecule has 0 fully saturated rings. The van der Waals surface area contributed by atoms with Gasteiger partial charge in [-0.1, -0.05) is 38.5 Å². The Balaban J connectivity index is 1.95. The van der Waals surface area contributed by atoms with Crippen molar-refractivity contribution in [3.8, 4) is 5.75 Å². The zero-order chi connectivity index (χ0) is 25.4. The number of aryl methyl sites for hydroxylation is 2. The van der Waals surface area contributed by atoms with Gasteiger partial charge in [-0.25, -0.2) is 9.18 Å². The van der Waals surface area contributed by atoms with Gasteiger partial charge in [0.25, 0.3) is 0 Å². The Morgan fingerprint density at radius 2 is 1.74 bits per heavy atom. The third-order valence-electron chi connectivity index (χ3n) is 5.80. The van der Waals surface area contributed by atoms with Crippen LogP contribution in [0.2, 0.25) is 0 Å². The number of amidine groups is 1. The number of carbonyl (C=O) groups is 1. The monoisotopic (exact) mass is 477 g/mol. The van der Waals surface area contributed by atoms with Crippen molar-refractivity contribution >= 4 is 17.5 Å². The smallest absolute Gasteiger partial charge is 0.330 e. The second-order valence-electron chi connectivity index (χ2n) is 8.41. The molecule has 5 N–H and O–H groups in total. The maximum Gasteiger partial charge on any atom is 0.330 e. The van der Waals surface area contributed by atoms with Gasteiger partial charge in [-0.05, 0) is 72.0 Å². The van der Waals surface area contributed by atoms with E-state index < -0.39 is 12.0 Å². The molecule has 0 spiro atoms. The molecule has 7 heteroatoms. The van der Waals surface area contributed by atoms with Gasteiger partial charge in [-0.2, -0.15) is 0 Å². The second-order valence-corrected chi connectivity index (χ2v) is 8.41. The molecular weight excluding hydrogens is 445 g/mol. The SMILES string of the molecule is CCCc1cc(CC)cc(C(Nc2ccc(C(=N)N)cc2)C(=O)O)c1OCCc1ccc(F)cc1. The van der Waals surface area contributed by atoms with E-state index >= 15 is 0 Å². The van der Waals surface area contributed by atoms with Crippen molar-refractivity contribution in [2.45, 2.75) is 45.6 Å². The topological polar surface area (TPSA) is 108 Å². The number of aliphatic carboxylic acids is 1. The van der Waals surface area contributed by atoms with E-state index in [9.17, 15) is 14.3 Å². The highest BCUT2D eigenvalue weighted by Gasteiger charge is 2.26. The standard InChI is InChI=1S/C28H32FN3O3/c1-3-5-21-16-18(4-2)17-24(26(21)35-15-14-19-6-10-22(29)11-7-19)25(28(33)34)32-23-12-8-20(9-13-23)27(30)31/h6-13,16-17,25,32H,3-5,14-15H2,1-2H3,(H3,30,31)(H,33,34). The van der Waals surface area contributed by atoms with Gasteiger partial charge in [0.1, 0.15) is 17.4 Å². The van der Waals surface area contributed by atoms with Crippen molar-refractivity contribution < 1.29 is 19.0 Å². The van der Waals surface area contributed by atoms with Crippen LogP contribution in [0.15, 0.2) is 60.7 Å². The molecule has 0 aromatic heterocycles. The van der Waals surface area contributed by atoms with Gasteiger partial charge in [0.05, 0.1) is 6.61 Å². The van der Waals surface area contributed by atoms with E-state index in [-0.39, 0.29) is 11.7 Å². The molecule has 0 bridgehead atoms. The molecule has 0 radical (unpaired) electrons. The van der Waals surface area contributed by atoms with Crippen LogP contribution in [0.4, 0.5) is 10.1 Å². The van der Waals surface area contributed by atoms with Gasteiger partial charge < -0.3 is 20.9 Å². The van der Waals surface area contributed by atoms with Gasteiger partial charge in [-0.15, -0.1) is 0 Å². The van der Waals surface area contributed by atoms with Crippen LogP contribution < -0.4 is 15.8 Å². The predicted octanol–water partition coefficient (Wildman–Crippen LogP) is 5.48. The van der Waals surface area contributed by atoms with E-state index in [1.807, 2.05) is 13.0 Å².